The highest BCUT2D eigenvalue weighted by atomic mass is 35.5. The van der Waals surface area contributed by atoms with Crippen LogP contribution in [0.1, 0.15) is 33.3 Å². The summed E-state index contributed by atoms with van der Waals surface area (Å²) >= 11 is 5.99. The molecule has 3 N–H and O–H groups in total. The molecule has 1 aromatic heterocycles. The smallest absolute Gasteiger partial charge is 0.342 e. The van der Waals surface area contributed by atoms with Gasteiger partial charge in [-0.25, -0.2) is 4.79 Å². The summed E-state index contributed by atoms with van der Waals surface area (Å²) in [7, 11) is 1.41. The molecular weight excluding hydrogens is 368 g/mol. The van der Waals surface area contributed by atoms with Crippen molar-refractivity contribution >= 4 is 39.9 Å². The lowest BCUT2D eigenvalue weighted by Gasteiger charge is -2.15. The predicted octanol–water partition coefficient (Wildman–Crippen LogP) is 4.15. The number of nitrogen functional groups attached to an aromatic ring is 1. The van der Waals surface area contributed by atoms with Crippen molar-refractivity contribution in [2.24, 2.45) is 0 Å². The summed E-state index contributed by atoms with van der Waals surface area (Å²) in [5.41, 5.74) is 8.19. The highest BCUT2D eigenvalue weighted by molar-refractivity contribution is 6.33. The van der Waals surface area contributed by atoms with Gasteiger partial charge in [0.1, 0.15) is 11.3 Å². The van der Waals surface area contributed by atoms with Crippen molar-refractivity contribution in [3.63, 3.8) is 0 Å². The summed E-state index contributed by atoms with van der Waals surface area (Å²) in [6.45, 7) is 3.34. The fraction of sp³-hybridized carbons (Fsp3) is 0.200. The number of rotatable bonds is 5. The monoisotopic (exact) mass is 386 g/mol. The van der Waals surface area contributed by atoms with Crippen molar-refractivity contribution in [3.05, 3.63) is 58.2 Å². The number of hydrogen-bond acceptors (Lipinski definition) is 5. The molecule has 2 aromatic carbocycles. The van der Waals surface area contributed by atoms with Crippen LogP contribution in [0, 0.1) is 6.92 Å². The van der Waals surface area contributed by atoms with Crippen LogP contribution in [0.25, 0.3) is 10.9 Å². The van der Waals surface area contributed by atoms with Gasteiger partial charge in [-0.05, 0) is 26.0 Å². The van der Waals surface area contributed by atoms with Crippen molar-refractivity contribution in [3.8, 4) is 5.75 Å². The third-order valence-electron chi connectivity index (χ3n) is 4.33. The second kappa shape index (κ2) is 7.32. The minimum Gasteiger partial charge on any atom is -0.496 e. The Balaban J connectivity index is 1.88. The van der Waals surface area contributed by atoms with Crippen molar-refractivity contribution in [2.45, 2.75) is 20.0 Å². The molecule has 0 radical (unpaired) electrons. The molecule has 3 rings (SSSR count). The Hall–Kier alpha value is -2.99. The van der Waals surface area contributed by atoms with E-state index in [-0.39, 0.29) is 27.8 Å². The number of fused-ring (bicyclic) bond motifs is 1. The lowest BCUT2D eigenvalue weighted by Crippen LogP contribution is -2.25. The van der Waals surface area contributed by atoms with Crippen LogP contribution in [0.5, 0.6) is 5.75 Å². The fourth-order valence-corrected chi connectivity index (χ4v) is 3.14. The maximum atomic E-state index is 12.9. The zero-order valence-corrected chi connectivity index (χ0v) is 15.9. The number of aromatic amines is 1. The molecule has 1 heterocycles. The number of nitrogens with two attached hydrogens (primary N) is 1. The van der Waals surface area contributed by atoms with Gasteiger partial charge in [-0.3, -0.25) is 4.79 Å². The number of halogens is 1. The molecule has 0 bridgehead atoms. The van der Waals surface area contributed by atoms with E-state index in [1.807, 2.05) is 31.2 Å². The van der Waals surface area contributed by atoms with Crippen molar-refractivity contribution < 1.29 is 19.1 Å². The Morgan fingerprint density at radius 2 is 1.93 bits per heavy atom. The van der Waals surface area contributed by atoms with Gasteiger partial charge < -0.3 is 20.2 Å². The first-order valence-corrected chi connectivity index (χ1v) is 8.66. The Bertz CT molecular complexity index is 1040. The maximum absolute atomic E-state index is 12.9. The van der Waals surface area contributed by atoms with E-state index in [1.54, 1.807) is 0 Å². The first kappa shape index (κ1) is 18.8. The van der Waals surface area contributed by atoms with Crippen molar-refractivity contribution in [1.82, 2.24) is 4.98 Å². The molecule has 1 unspecified atom stereocenters. The zero-order valence-electron chi connectivity index (χ0n) is 15.1. The normalized spacial score (nSPS) is 12.0. The van der Waals surface area contributed by atoms with E-state index >= 15 is 0 Å². The summed E-state index contributed by atoms with van der Waals surface area (Å²) in [5, 5.41) is 0.991. The van der Waals surface area contributed by atoms with Crippen molar-refractivity contribution in [2.75, 3.05) is 12.8 Å². The molecule has 0 saturated heterocycles. The molecule has 27 heavy (non-hydrogen) atoms. The van der Waals surface area contributed by atoms with E-state index in [0.29, 0.717) is 5.56 Å². The van der Waals surface area contributed by atoms with Gasteiger partial charge in [0.15, 0.2) is 6.10 Å². The van der Waals surface area contributed by atoms with Crippen molar-refractivity contribution in [1.29, 1.82) is 0 Å². The molecule has 0 fully saturated rings. The van der Waals surface area contributed by atoms with Crippen LogP contribution in [0.2, 0.25) is 5.02 Å². The van der Waals surface area contributed by atoms with Gasteiger partial charge in [-0.15, -0.1) is 0 Å². The molecule has 0 aliphatic rings. The topological polar surface area (TPSA) is 94.4 Å². The maximum Gasteiger partial charge on any atom is 0.342 e. The fourth-order valence-electron chi connectivity index (χ4n) is 2.97. The molecule has 0 aliphatic heterocycles. The van der Waals surface area contributed by atoms with Crippen LogP contribution in [0.15, 0.2) is 36.4 Å². The van der Waals surface area contributed by atoms with E-state index in [9.17, 15) is 9.59 Å². The molecule has 0 aliphatic carbocycles. The van der Waals surface area contributed by atoms with Crippen LogP contribution in [-0.2, 0) is 4.74 Å². The minimum atomic E-state index is -0.989. The molecule has 3 aromatic rings. The second-order valence-electron chi connectivity index (χ2n) is 6.16. The number of para-hydroxylation sites is 1. The number of benzene rings is 2. The zero-order chi connectivity index (χ0) is 19.7. The number of nitrogens with one attached hydrogen (secondary N) is 1. The SMILES string of the molecule is COc1cc(N)c(Cl)cc1C(=O)OC(C)C(=O)c1c(C)[nH]c2ccccc12. The van der Waals surface area contributed by atoms with Crippen LogP contribution in [0.3, 0.4) is 0 Å². The summed E-state index contributed by atoms with van der Waals surface area (Å²) in [6, 6.07) is 10.3. The lowest BCUT2D eigenvalue weighted by atomic mass is 10.0. The first-order valence-electron chi connectivity index (χ1n) is 8.29. The molecule has 1 atom stereocenters. The van der Waals surface area contributed by atoms with Gasteiger partial charge in [0.2, 0.25) is 5.78 Å². The van der Waals surface area contributed by atoms with E-state index in [1.165, 1.54) is 26.2 Å². The number of anilines is 1. The van der Waals surface area contributed by atoms with Crippen LogP contribution >= 0.6 is 11.6 Å². The van der Waals surface area contributed by atoms with E-state index in [0.717, 1.165) is 16.6 Å². The Kier molecular flexibility index (Phi) is 5.10. The highest BCUT2D eigenvalue weighted by Crippen LogP contribution is 2.30. The summed E-state index contributed by atoms with van der Waals surface area (Å²) in [5.74, 6) is -0.782. The van der Waals surface area contributed by atoms with Gasteiger partial charge in [0.25, 0.3) is 0 Å². The molecule has 0 amide bonds. The average molecular weight is 387 g/mol. The Morgan fingerprint density at radius 1 is 1.22 bits per heavy atom. The van der Waals surface area contributed by atoms with Gasteiger partial charge in [-0.2, -0.15) is 0 Å². The van der Waals surface area contributed by atoms with Gasteiger partial charge in [0, 0.05) is 28.2 Å². The number of aryl methyl sites for hydroxylation is 1. The number of esters is 1. The standard InChI is InChI=1S/C20H19ClN2O4/c1-10-18(12-6-4-5-7-16(12)23-10)19(24)11(2)27-20(25)13-8-14(21)15(22)9-17(13)26-3/h4-9,11,23H,22H2,1-3H3. The average Bonchev–Trinajstić information content (AvgIpc) is 2.98. The number of carbonyl (C=O) groups is 2. The summed E-state index contributed by atoms with van der Waals surface area (Å²) in [4.78, 5) is 28.6. The number of aromatic nitrogens is 1. The highest BCUT2D eigenvalue weighted by Gasteiger charge is 2.26. The molecule has 0 saturated carbocycles. The molecular formula is C20H19ClN2O4. The van der Waals surface area contributed by atoms with Crippen LogP contribution < -0.4 is 10.5 Å². The largest absolute Gasteiger partial charge is 0.496 e. The molecule has 140 valence electrons. The number of H-pyrrole nitrogens is 1. The number of hydrogen-bond donors (Lipinski definition) is 2. The van der Waals surface area contributed by atoms with Gasteiger partial charge in [0.05, 0.1) is 17.8 Å². The number of ether oxygens (including phenoxy) is 2. The Labute approximate surface area is 161 Å². The lowest BCUT2D eigenvalue weighted by molar-refractivity contribution is 0.0316. The second-order valence-corrected chi connectivity index (χ2v) is 6.56. The third kappa shape index (κ3) is 3.48. The van der Waals surface area contributed by atoms with E-state index in [4.69, 9.17) is 26.8 Å². The van der Waals surface area contributed by atoms with Gasteiger partial charge >= 0.3 is 5.97 Å². The first-order chi connectivity index (χ1) is 12.8. The van der Waals surface area contributed by atoms with Gasteiger partial charge in [-0.1, -0.05) is 29.8 Å². The number of Topliss-reactive ketones (excluding diaryl/α,β-unsaturated/α-hetero) is 1. The summed E-state index contributed by atoms with van der Waals surface area (Å²) in [6.07, 6.45) is -0.989. The Morgan fingerprint density at radius 3 is 2.63 bits per heavy atom. The number of carbonyl (C=O) groups excluding carboxylic acids is 2. The quantitative estimate of drug-likeness (QED) is 0.390. The molecule has 0 spiro atoms. The molecule has 7 heteroatoms. The predicted molar refractivity (Wildman–Crippen MR) is 105 cm³/mol. The molecule has 6 nitrogen and oxygen atoms in total. The number of ketones is 1. The third-order valence-corrected chi connectivity index (χ3v) is 4.66. The summed E-state index contributed by atoms with van der Waals surface area (Å²) < 4.78 is 10.5. The minimum absolute atomic E-state index is 0.104. The van der Waals surface area contributed by atoms with Crippen LogP contribution in [-0.4, -0.2) is 30.0 Å². The van der Waals surface area contributed by atoms with Crippen LogP contribution in [0.4, 0.5) is 5.69 Å². The van der Waals surface area contributed by atoms with E-state index < -0.39 is 12.1 Å². The number of methoxy groups -OCH3 is 1. The van der Waals surface area contributed by atoms with E-state index in [2.05, 4.69) is 4.98 Å².